The van der Waals surface area contributed by atoms with Crippen molar-refractivity contribution in [2.24, 2.45) is 0 Å². The van der Waals surface area contributed by atoms with Crippen LogP contribution in [0.4, 0.5) is 5.69 Å². The Bertz CT molecular complexity index is 344. The van der Waals surface area contributed by atoms with Gasteiger partial charge < -0.3 is 10.5 Å². The Kier molecular flexibility index (Phi) is 3.98. The van der Waals surface area contributed by atoms with Crippen molar-refractivity contribution in [2.45, 2.75) is 6.42 Å². The molecule has 0 spiro atoms. The van der Waals surface area contributed by atoms with Crippen LogP contribution < -0.4 is 5.73 Å². The zero-order chi connectivity index (χ0) is 10.6. The van der Waals surface area contributed by atoms with E-state index in [1.807, 2.05) is 0 Å². The SMILES string of the molecule is Nc1cc(Cl)nc(CCOC=O)c1Cl. The van der Waals surface area contributed by atoms with Crippen LogP contribution in [0.5, 0.6) is 0 Å². The summed E-state index contributed by atoms with van der Waals surface area (Å²) in [6, 6.07) is 1.47. The van der Waals surface area contributed by atoms with Crippen molar-refractivity contribution >= 4 is 35.4 Å². The summed E-state index contributed by atoms with van der Waals surface area (Å²) in [7, 11) is 0. The Hall–Kier alpha value is -1.00. The van der Waals surface area contributed by atoms with E-state index in [4.69, 9.17) is 28.9 Å². The first-order chi connectivity index (χ1) is 6.65. The third kappa shape index (κ3) is 2.75. The Balaban J connectivity index is 2.79. The minimum absolute atomic E-state index is 0.204. The molecule has 1 aromatic rings. The number of carbonyl (C=O) groups excluding carboxylic acids is 1. The zero-order valence-electron chi connectivity index (χ0n) is 7.17. The van der Waals surface area contributed by atoms with E-state index >= 15 is 0 Å². The summed E-state index contributed by atoms with van der Waals surface area (Å²) in [4.78, 5) is 13.9. The number of halogens is 2. The van der Waals surface area contributed by atoms with Crippen LogP contribution in [-0.2, 0) is 16.0 Å². The molecular formula is C8H8Cl2N2O2. The van der Waals surface area contributed by atoms with Crippen molar-refractivity contribution in [1.29, 1.82) is 0 Å². The highest BCUT2D eigenvalue weighted by molar-refractivity contribution is 6.35. The summed E-state index contributed by atoms with van der Waals surface area (Å²) < 4.78 is 4.51. The molecule has 0 atom stereocenters. The Labute approximate surface area is 91.0 Å². The van der Waals surface area contributed by atoms with Crippen LogP contribution in [0.3, 0.4) is 0 Å². The minimum atomic E-state index is 0.204. The van der Waals surface area contributed by atoms with E-state index in [9.17, 15) is 4.79 Å². The van der Waals surface area contributed by atoms with Gasteiger partial charge in [0.05, 0.1) is 23.0 Å². The number of anilines is 1. The van der Waals surface area contributed by atoms with E-state index in [0.29, 0.717) is 29.3 Å². The second kappa shape index (κ2) is 5.02. The third-order valence-electron chi connectivity index (χ3n) is 1.55. The van der Waals surface area contributed by atoms with Gasteiger partial charge in [-0.25, -0.2) is 4.98 Å². The summed E-state index contributed by atoms with van der Waals surface area (Å²) in [6.07, 6.45) is 0.391. The highest BCUT2D eigenvalue weighted by Crippen LogP contribution is 2.25. The fourth-order valence-corrected chi connectivity index (χ4v) is 1.35. The Morgan fingerprint density at radius 1 is 1.57 bits per heavy atom. The highest BCUT2D eigenvalue weighted by Gasteiger charge is 2.07. The average molecular weight is 235 g/mol. The van der Waals surface area contributed by atoms with Gasteiger partial charge in [-0.05, 0) is 6.07 Å². The van der Waals surface area contributed by atoms with Crippen LogP contribution in [0.25, 0.3) is 0 Å². The molecule has 1 aromatic heterocycles. The number of ether oxygens (including phenoxy) is 1. The van der Waals surface area contributed by atoms with Gasteiger partial charge >= 0.3 is 0 Å². The van der Waals surface area contributed by atoms with Gasteiger partial charge in [0.2, 0.25) is 0 Å². The largest absolute Gasteiger partial charge is 0.467 e. The number of aromatic nitrogens is 1. The molecule has 0 saturated heterocycles. The molecule has 2 N–H and O–H groups in total. The lowest BCUT2D eigenvalue weighted by Crippen LogP contribution is -2.02. The maximum atomic E-state index is 9.89. The molecule has 0 unspecified atom stereocenters. The van der Waals surface area contributed by atoms with Crippen LogP contribution in [0.15, 0.2) is 6.07 Å². The molecule has 0 radical (unpaired) electrons. The third-order valence-corrected chi connectivity index (χ3v) is 2.18. The molecule has 76 valence electrons. The molecular weight excluding hydrogens is 227 g/mol. The maximum absolute atomic E-state index is 9.89. The van der Waals surface area contributed by atoms with E-state index in [1.165, 1.54) is 6.07 Å². The molecule has 0 aliphatic heterocycles. The minimum Gasteiger partial charge on any atom is -0.467 e. The van der Waals surface area contributed by atoms with Gasteiger partial charge in [0.25, 0.3) is 6.47 Å². The lowest BCUT2D eigenvalue weighted by molar-refractivity contribution is -0.128. The van der Waals surface area contributed by atoms with Crippen molar-refractivity contribution in [3.05, 3.63) is 21.9 Å². The highest BCUT2D eigenvalue weighted by atomic mass is 35.5. The quantitative estimate of drug-likeness (QED) is 0.490. The van der Waals surface area contributed by atoms with Crippen molar-refractivity contribution < 1.29 is 9.53 Å². The first kappa shape index (κ1) is 11.1. The standard InChI is InChI=1S/C8H8Cl2N2O2/c9-7-3-5(11)8(10)6(12-7)1-2-14-4-13/h3-4H,1-2H2,(H2,11,12). The normalized spacial score (nSPS) is 9.86. The number of carbonyl (C=O) groups is 1. The lowest BCUT2D eigenvalue weighted by atomic mass is 10.2. The van der Waals surface area contributed by atoms with Crippen molar-refractivity contribution in [2.75, 3.05) is 12.3 Å². The summed E-state index contributed by atoms with van der Waals surface area (Å²) >= 11 is 11.5. The Morgan fingerprint density at radius 2 is 2.29 bits per heavy atom. The summed E-state index contributed by atoms with van der Waals surface area (Å²) in [5, 5.41) is 0.622. The van der Waals surface area contributed by atoms with Crippen molar-refractivity contribution in [3.8, 4) is 0 Å². The first-order valence-electron chi connectivity index (χ1n) is 3.80. The number of rotatable bonds is 4. The first-order valence-corrected chi connectivity index (χ1v) is 4.56. The summed E-state index contributed by atoms with van der Waals surface area (Å²) in [5.74, 6) is 0. The van der Waals surface area contributed by atoms with E-state index in [-0.39, 0.29) is 11.8 Å². The number of pyridine rings is 1. The molecule has 4 nitrogen and oxygen atoms in total. The summed E-state index contributed by atoms with van der Waals surface area (Å²) in [5.41, 5.74) is 6.45. The van der Waals surface area contributed by atoms with Gasteiger partial charge in [-0.1, -0.05) is 23.2 Å². The number of hydrogen-bond acceptors (Lipinski definition) is 4. The van der Waals surface area contributed by atoms with Gasteiger partial charge in [0.1, 0.15) is 5.15 Å². The predicted molar refractivity (Wildman–Crippen MR) is 54.4 cm³/mol. The number of hydrogen-bond donors (Lipinski definition) is 1. The van der Waals surface area contributed by atoms with Crippen LogP contribution in [-0.4, -0.2) is 18.1 Å². The van der Waals surface area contributed by atoms with E-state index in [2.05, 4.69) is 9.72 Å². The second-order valence-electron chi connectivity index (χ2n) is 2.51. The van der Waals surface area contributed by atoms with Gasteiger partial charge in [0, 0.05) is 6.42 Å². The van der Waals surface area contributed by atoms with E-state index < -0.39 is 0 Å². The number of nitrogens with two attached hydrogens (primary N) is 1. The number of nitrogen functional groups attached to an aromatic ring is 1. The molecule has 6 heteroatoms. The lowest BCUT2D eigenvalue weighted by Gasteiger charge is -2.05. The molecule has 0 bridgehead atoms. The monoisotopic (exact) mass is 234 g/mol. The molecule has 14 heavy (non-hydrogen) atoms. The molecule has 0 aliphatic carbocycles. The topological polar surface area (TPSA) is 65.2 Å². The fraction of sp³-hybridized carbons (Fsp3) is 0.250. The molecule has 1 rings (SSSR count). The van der Waals surface area contributed by atoms with Crippen molar-refractivity contribution in [3.63, 3.8) is 0 Å². The van der Waals surface area contributed by atoms with Gasteiger partial charge in [-0.15, -0.1) is 0 Å². The predicted octanol–water partition coefficient (Wildman–Crippen LogP) is 1.69. The maximum Gasteiger partial charge on any atom is 0.293 e. The second-order valence-corrected chi connectivity index (χ2v) is 3.28. The molecule has 0 amide bonds. The van der Waals surface area contributed by atoms with Gasteiger partial charge in [-0.2, -0.15) is 0 Å². The van der Waals surface area contributed by atoms with Crippen LogP contribution >= 0.6 is 23.2 Å². The fourth-order valence-electron chi connectivity index (χ4n) is 0.938. The smallest absolute Gasteiger partial charge is 0.293 e. The molecule has 0 aliphatic rings. The van der Waals surface area contributed by atoms with Gasteiger partial charge in [0.15, 0.2) is 0 Å². The van der Waals surface area contributed by atoms with Crippen LogP contribution in [0, 0.1) is 0 Å². The van der Waals surface area contributed by atoms with Crippen LogP contribution in [0.1, 0.15) is 5.69 Å². The molecule has 0 saturated carbocycles. The van der Waals surface area contributed by atoms with Crippen LogP contribution in [0.2, 0.25) is 10.2 Å². The average Bonchev–Trinajstić information content (AvgIpc) is 2.13. The van der Waals surface area contributed by atoms with E-state index in [0.717, 1.165) is 0 Å². The molecule has 1 heterocycles. The Morgan fingerprint density at radius 3 is 2.93 bits per heavy atom. The zero-order valence-corrected chi connectivity index (χ0v) is 8.68. The van der Waals surface area contributed by atoms with E-state index in [1.54, 1.807) is 0 Å². The summed E-state index contributed by atoms with van der Waals surface area (Å²) in [6.45, 7) is 0.567. The molecule has 0 aromatic carbocycles. The number of nitrogens with zero attached hydrogens (tertiary/aromatic N) is 1. The van der Waals surface area contributed by atoms with Gasteiger partial charge in [-0.3, -0.25) is 4.79 Å². The molecule has 0 fully saturated rings. The van der Waals surface area contributed by atoms with Crippen molar-refractivity contribution in [1.82, 2.24) is 4.98 Å².